The number of aromatic hydroxyl groups is 1. The molecule has 36 heavy (non-hydrogen) atoms. The second-order valence-corrected chi connectivity index (χ2v) is 8.67. The number of phenols is 1. The zero-order chi connectivity index (χ0) is 24.3. The summed E-state index contributed by atoms with van der Waals surface area (Å²) in [4.78, 5) is 9.19. The molecule has 1 aliphatic rings. The molecule has 0 aliphatic carbocycles. The van der Waals surface area contributed by atoms with Crippen molar-refractivity contribution in [1.29, 1.82) is 0 Å². The molecule has 0 bridgehead atoms. The van der Waals surface area contributed by atoms with Crippen LogP contribution >= 0.6 is 0 Å². The number of nitrogens with zero attached hydrogens (tertiary/aromatic N) is 4. The number of benzene rings is 3. The fourth-order valence-corrected chi connectivity index (χ4v) is 4.44. The van der Waals surface area contributed by atoms with Gasteiger partial charge in [-0.1, -0.05) is 18.2 Å². The third-order valence-electron chi connectivity index (χ3n) is 6.26. The molecule has 3 aromatic carbocycles. The minimum Gasteiger partial charge on any atom is -0.508 e. The van der Waals surface area contributed by atoms with Gasteiger partial charge in [0.2, 0.25) is 0 Å². The van der Waals surface area contributed by atoms with Gasteiger partial charge in [-0.15, -0.1) is 0 Å². The molecule has 2 N–H and O–H groups in total. The van der Waals surface area contributed by atoms with Gasteiger partial charge in [0.1, 0.15) is 35.1 Å². The Morgan fingerprint density at radius 1 is 0.861 bits per heavy atom. The molecular formula is C28H25N5O3. The van der Waals surface area contributed by atoms with Crippen molar-refractivity contribution in [3.8, 4) is 28.5 Å². The van der Waals surface area contributed by atoms with Crippen LogP contribution in [0.2, 0.25) is 0 Å². The summed E-state index contributed by atoms with van der Waals surface area (Å²) in [6.45, 7) is 1.41. The summed E-state index contributed by atoms with van der Waals surface area (Å²) in [5, 5.41) is 18.9. The van der Waals surface area contributed by atoms with Crippen LogP contribution < -0.4 is 10.1 Å². The smallest absolute Gasteiger partial charge is 0.164 e. The molecule has 5 aromatic rings. The predicted octanol–water partition coefficient (Wildman–Crippen LogP) is 6.09. The van der Waals surface area contributed by atoms with Crippen molar-refractivity contribution in [3.05, 3.63) is 85.2 Å². The number of para-hydroxylation sites is 1. The number of hydrogen-bond donors (Lipinski definition) is 2. The summed E-state index contributed by atoms with van der Waals surface area (Å²) in [6, 6.07) is 24.7. The summed E-state index contributed by atoms with van der Waals surface area (Å²) in [5.41, 5.74) is 3.32. The maximum Gasteiger partial charge on any atom is 0.164 e. The molecule has 1 fully saturated rings. The van der Waals surface area contributed by atoms with Crippen LogP contribution in [0.4, 0.5) is 11.5 Å². The number of fused-ring (bicyclic) bond motifs is 1. The van der Waals surface area contributed by atoms with Gasteiger partial charge >= 0.3 is 0 Å². The van der Waals surface area contributed by atoms with Crippen LogP contribution in [-0.2, 0) is 4.74 Å². The van der Waals surface area contributed by atoms with Crippen LogP contribution in [0.5, 0.6) is 17.2 Å². The normalized spacial score (nSPS) is 14.1. The van der Waals surface area contributed by atoms with Crippen LogP contribution in [0, 0.1) is 0 Å². The number of nitrogens with one attached hydrogen (secondary N) is 1. The molecule has 1 saturated heterocycles. The quantitative estimate of drug-likeness (QED) is 0.285. The topological polar surface area (TPSA) is 94.3 Å². The Kier molecular flexibility index (Phi) is 5.93. The van der Waals surface area contributed by atoms with Gasteiger partial charge in [-0.05, 0) is 73.5 Å². The maximum atomic E-state index is 9.66. The van der Waals surface area contributed by atoms with Gasteiger partial charge in [0.25, 0.3) is 0 Å². The number of phenolic OH excluding ortho intramolecular Hbond substituents is 1. The fourth-order valence-electron chi connectivity index (χ4n) is 4.44. The second-order valence-electron chi connectivity index (χ2n) is 8.67. The summed E-state index contributed by atoms with van der Waals surface area (Å²) in [6.07, 6.45) is 3.32. The van der Waals surface area contributed by atoms with E-state index in [9.17, 15) is 5.11 Å². The first-order chi connectivity index (χ1) is 17.7. The monoisotopic (exact) mass is 479 g/mol. The van der Waals surface area contributed by atoms with Crippen LogP contribution in [0.1, 0.15) is 18.9 Å². The molecule has 0 spiro atoms. The van der Waals surface area contributed by atoms with Crippen LogP contribution in [0.3, 0.4) is 0 Å². The molecule has 8 nitrogen and oxygen atoms in total. The van der Waals surface area contributed by atoms with Crippen molar-refractivity contribution in [1.82, 2.24) is 19.7 Å². The molecule has 1 aliphatic heterocycles. The first kappa shape index (κ1) is 22.1. The molecule has 0 unspecified atom stereocenters. The lowest BCUT2D eigenvalue weighted by atomic mass is 10.1. The van der Waals surface area contributed by atoms with Crippen LogP contribution in [0.25, 0.3) is 22.3 Å². The van der Waals surface area contributed by atoms with Crippen LogP contribution in [0.15, 0.2) is 85.2 Å². The predicted molar refractivity (Wildman–Crippen MR) is 138 cm³/mol. The van der Waals surface area contributed by atoms with E-state index in [0.29, 0.717) is 19.0 Å². The van der Waals surface area contributed by atoms with Crippen molar-refractivity contribution in [2.75, 3.05) is 18.5 Å². The molecule has 0 amide bonds. The second kappa shape index (κ2) is 9.67. The number of aromatic nitrogens is 4. The van der Waals surface area contributed by atoms with Crippen molar-refractivity contribution >= 4 is 22.5 Å². The van der Waals surface area contributed by atoms with E-state index in [1.54, 1.807) is 18.5 Å². The van der Waals surface area contributed by atoms with Gasteiger partial charge in [0.15, 0.2) is 5.65 Å². The molecule has 8 heteroatoms. The minimum absolute atomic E-state index is 0.201. The van der Waals surface area contributed by atoms with E-state index in [2.05, 4.69) is 15.3 Å². The number of anilines is 2. The summed E-state index contributed by atoms with van der Waals surface area (Å²) >= 11 is 0. The molecule has 0 atom stereocenters. The lowest BCUT2D eigenvalue weighted by Gasteiger charge is -2.22. The van der Waals surface area contributed by atoms with Crippen molar-refractivity contribution in [3.63, 3.8) is 0 Å². The van der Waals surface area contributed by atoms with Gasteiger partial charge in [-0.25, -0.2) is 14.6 Å². The first-order valence-electron chi connectivity index (χ1n) is 11.9. The van der Waals surface area contributed by atoms with E-state index in [1.165, 1.54) is 0 Å². The Balaban J connectivity index is 1.42. The molecular weight excluding hydrogens is 454 g/mol. The van der Waals surface area contributed by atoms with Gasteiger partial charge in [-0.3, -0.25) is 0 Å². The van der Waals surface area contributed by atoms with E-state index < -0.39 is 0 Å². The van der Waals surface area contributed by atoms with E-state index in [1.807, 2.05) is 71.4 Å². The van der Waals surface area contributed by atoms with Gasteiger partial charge < -0.3 is 19.9 Å². The van der Waals surface area contributed by atoms with Crippen molar-refractivity contribution in [2.45, 2.75) is 18.9 Å². The highest BCUT2D eigenvalue weighted by Gasteiger charge is 2.24. The summed E-state index contributed by atoms with van der Waals surface area (Å²) in [7, 11) is 0. The average Bonchev–Trinajstić information content (AvgIpc) is 3.32. The Labute approximate surface area is 208 Å². The molecule has 180 valence electrons. The number of rotatable bonds is 6. The Morgan fingerprint density at radius 2 is 1.58 bits per heavy atom. The Morgan fingerprint density at radius 3 is 2.33 bits per heavy atom. The Hall–Kier alpha value is -4.43. The largest absolute Gasteiger partial charge is 0.508 e. The number of ether oxygens (including phenoxy) is 2. The molecule has 6 rings (SSSR count). The lowest BCUT2D eigenvalue weighted by molar-refractivity contribution is 0.0674. The van der Waals surface area contributed by atoms with Gasteiger partial charge in [-0.2, -0.15) is 5.10 Å². The van der Waals surface area contributed by atoms with E-state index >= 15 is 0 Å². The van der Waals surface area contributed by atoms with Gasteiger partial charge in [0.05, 0.1) is 11.4 Å². The third-order valence-corrected chi connectivity index (χ3v) is 6.26. The summed E-state index contributed by atoms with van der Waals surface area (Å²) in [5.74, 6) is 2.40. The lowest BCUT2D eigenvalue weighted by Crippen LogP contribution is -2.20. The number of hydrogen-bond acceptors (Lipinski definition) is 7. The zero-order valence-corrected chi connectivity index (χ0v) is 19.5. The van der Waals surface area contributed by atoms with E-state index in [0.717, 1.165) is 52.3 Å². The Bertz CT molecular complexity index is 1460. The molecule has 0 saturated carbocycles. The highest BCUT2D eigenvalue weighted by molar-refractivity contribution is 6.00. The highest BCUT2D eigenvalue weighted by atomic mass is 16.5. The maximum absolute atomic E-state index is 9.66. The standard InChI is InChI=1S/C28H25N5O3/c34-22-10-8-20(9-11-22)31-27-25-26(19-6-12-24(13-7-19)36-23-4-2-1-3-5-23)32-33(28(25)30-18-29-27)21-14-16-35-17-15-21/h1-13,18,21,34H,14-17H2,(H,29,30,31). The van der Waals surface area contributed by atoms with Gasteiger partial charge in [0, 0.05) is 24.5 Å². The molecule has 2 aromatic heterocycles. The highest BCUT2D eigenvalue weighted by Crippen LogP contribution is 2.36. The SMILES string of the molecule is Oc1ccc(Nc2ncnc3c2c(-c2ccc(Oc4ccccc4)cc2)nn3C2CCOCC2)cc1. The molecule has 0 radical (unpaired) electrons. The zero-order valence-electron chi connectivity index (χ0n) is 19.5. The van der Waals surface area contributed by atoms with E-state index in [4.69, 9.17) is 14.6 Å². The third kappa shape index (κ3) is 4.46. The fraction of sp³-hybridized carbons (Fsp3) is 0.179. The molecule has 3 heterocycles. The van der Waals surface area contributed by atoms with E-state index in [-0.39, 0.29) is 11.8 Å². The minimum atomic E-state index is 0.201. The van der Waals surface area contributed by atoms with Crippen molar-refractivity contribution < 1.29 is 14.6 Å². The van der Waals surface area contributed by atoms with Crippen LogP contribution in [-0.4, -0.2) is 38.1 Å². The average molecular weight is 480 g/mol. The first-order valence-corrected chi connectivity index (χ1v) is 11.9. The van der Waals surface area contributed by atoms with Crippen molar-refractivity contribution in [2.24, 2.45) is 0 Å². The summed E-state index contributed by atoms with van der Waals surface area (Å²) < 4.78 is 13.6.